The summed E-state index contributed by atoms with van der Waals surface area (Å²) in [6.45, 7) is 3.58. The lowest BCUT2D eigenvalue weighted by molar-refractivity contribution is 0.171. The summed E-state index contributed by atoms with van der Waals surface area (Å²) in [7, 11) is 6.02. The largest absolute Gasteiger partial charge is 0.495 e. The molecule has 132 valence electrons. The summed E-state index contributed by atoms with van der Waals surface area (Å²) in [5, 5.41) is 6.01. The molecule has 0 N–H and O–H groups in total. The van der Waals surface area contributed by atoms with Gasteiger partial charge in [-0.3, -0.25) is 4.68 Å². The maximum Gasteiger partial charge on any atom is 0.135 e. The van der Waals surface area contributed by atoms with Crippen molar-refractivity contribution in [1.29, 1.82) is 0 Å². The molecule has 3 atom stereocenters. The van der Waals surface area contributed by atoms with Crippen LogP contribution in [0, 0.1) is 11.8 Å². The molecule has 0 saturated heterocycles. The van der Waals surface area contributed by atoms with Gasteiger partial charge in [0.05, 0.1) is 23.1 Å². The van der Waals surface area contributed by atoms with E-state index in [0.717, 1.165) is 21.7 Å². The standard InChI is InChI=1S/C19H28BrN3O/c1-13-9-14(7-8-22(2)3)5-6-18(13)23-12-15-10-16(20)19(24-4)11-17(15)21-23/h10-14,18H,5-9H2,1-4H3/t13-,14?,18?/m1/s1. The molecule has 1 fully saturated rings. The first-order valence-electron chi connectivity index (χ1n) is 8.85. The van der Waals surface area contributed by atoms with E-state index in [4.69, 9.17) is 9.84 Å². The van der Waals surface area contributed by atoms with Crippen molar-refractivity contribution in [3.63, 3.8) is 0 Å². The van der Waals surface area contributed by atoms with E-state index in [9.17, 15) is 0 Å². The fourth-order valence-corrected chi connectivity index (χ4v) is 4.48. The fourth-order valence-electron chi connectivity index (χ4n) is 3.96. The van der Waals surface area contributed by atoms with Crippen molar-refractivity contribution < 1.29 is 4.74 Å². The van der Waals surface area contributed by atoms with Crippen molar-refractivity contribution in [2.24, 2.45) is 11.8 Å². The maximum absolute atomic E-state index is 5.39. The molecular weight excluding hydrogens is 366 g/mol. The van der Waals surface area contributed by atoms with Crippen LogP contribution in [0.15, 0.2) is 22.8 Å². The molecule has 5 heteroatoms. The quantitative estimate of drug-likeness (QED) is 0.734. The Hall–Kier alpha value is -1.07. The second-order valence-corrected chi connectivity index (χ2v) is 8.32. The highest BCUT2D eigenvalue weighted by molar-refractivity contribution is 9.10. The second-order valence-electron chi connectivity index (χ2n) is 7.47. The Bertz CT molecular complexity index is 697. The Labute approximate surface area is 153 Å². The van der Waals surface area contributed by atoms with Gasteiger partial charge in [0, 0.05) is 17.6 Å². The van der Waals surface area contributed by atoms with Crippen LogP contribution < -0.4 is 4.74 Å². The second kappa shape index (κ2) is 7.44. The Morgan fingerprint density at radius 3 is 2.79 bits per heavy atom. The number of hydrogen-bond acceptors (Lipinski definition) is 3. The molecule has 0 aliphatic heterocycles. The average Bonchev–Trinajstić information content (AvgIpc) is 2.94. The summed E-state index contributed by atoms with van der Waals surface area (Å²) in [6.07, 6.45) is 7.36. The van der Waals surface area contributed by atoms with Crippen LogP contribution in [-0.2, 0) is 0 Å². The normalized spacial score (nSPS) is 24.7. The first kappa shape index (κ1) is 17.7. The molecule has 1 aliphatic carbocycles. The third-order valence-corrected chi connectivity index (χ3v) is 5.97. The number of aromatic nitrogens is 2. The van der Waals surface area contributed by atoms with Crippen molar-refractivity contribution >= 4 is 26.8 Å². The van der Waals surface area contributed by atoms with E-state index in [-0.39, 0.29) is 0 Å². The molecule has 0 bridgehead atoms. The van der Waals surface area contributed by atoms with E-state index in [1.54, 1.807) is 7.11 Å². The number of hydrogen-bond donors (Lipinski definition) is 0. The Kier molecular flexibility index (Phi) is 5.50. The highest BCUT2D eigenvalue weighted by Crippen LogP contribution is 2.39. The van der Waals surface area contributed by atoms with E-state index in [1.165, 1.54) is 37.6 Å². The van der Waals surface area contributed by atoms with Crippen LogP contribution in [0.3, 0.4) is 0 Å². The van der Waals surface area contributed by atoms with Crippen molar-refractivity contribution in [1.82, 2.24) is 14.7 Å². The van der Waals surface area contributed by atoms with Gasteiger partial charge in [-0.2, -0.15) is 5.10 Å². The van der Waals surface area contributed by atoms with Crippen LogP contribution in [0.5, 0.6) is 5.75 Å². The zero-order valence-corrected chi connectivity index (χ0v) is 16.7. The molecule has 1 saturated carbocycles. The van der Waals surface area contributed by atoms with Gasteiger partial charge in [0.2, 0.25) is 0 Å². The number of methoxy groups -OCH3 is 1. The topological polar surface area (TPSA) is 30.3 Å². The Balaban J connectivity index is 1.74. The molecule has 0 spiro atoms. The molecular formula is C19H28BrN3O. The molecule has 1 heterocycles. The van der Waals surface area contributed by atoms with Crippen molar-refractivity contribution in [2.75, 3.05) is 27.7 Å². The lowest BCUT2D eigenvalue weighted by Crippen LogP contribution is -2.28. The third-order valence-electron chi connectivity index (χ3n) is 5.35. The SMILES string of the molecule is COc1cc2nn(C3CCC(CCN(C)C)C[C@H]3C)cc2cc1Br. The minimum absolute atomic E-state index is 0.512. The lowest BCUT2D eigenvalue weighted by Gasteiger charge is -2.34. The van der Waals surface area contributed by atoms with Crippen molar-refractivity contribution in [2.45, 2.75) is 38.6 Å². The summed E-state index contributed by atoms with van der Waals surface area (Å²) >= 11 is 3.57. The van der Waals surface area contributed by atoms with Gasteiger partial charge in [-0.1, -0.05) is 6.92 Å². The van der Waals surface area contributed by atoms with Crippen LogP contribution >= 0.6 is 15.9 Å². The predicted molar refractivity (Wildman–Crippen MR) is 103 cm³/mol. The number of benzene rings is 1. The van der Waals surface area contributed by atoms with Gasteiger partial charge in [-0.05, 0) is 80.2 Å². The Morgan fingerprint density at radius 2 is 2.12 bits per heavy atom. The zero-order valence-electron chi connectivity index (χ0n) is 15.1. The average molecular weight is 394 g/mol. The number of rotatable bonds is 5. The molecule has 3 rings (SSSR count). The van der Waals surface area contributed by atoms with Crippen molar-refractivity contribution in [3.05, 3.63) is 22.8 Å². The van der Waals surface area contributed by atoms with Crippen LogP contribution in [0.1, 0.15) is 38.6 Å². The molecule has 24 heavy (non-hydrogen) atoms. The van der Waals surface area contributed by atoms with Gasteiger partial charge in [0.1, 0.15) is 5.75 Å². The van der Waals surface area contributed by atoms with E-state index in [1.807, 2.05) is 6.07 Å². The number of ether oxygens (including phenoxy) is 1. The fraction of sp³-hybridized carbons (Fsp3) is 0.632. The van der Waals surface area contributed by atoms with Crippen molar-refractivity contribution in [3.8, 4) is 5.75 Å². The molecule has 4 nitrogen and oxygen atoms in total. The molecule has 0 radical (unpaired) electrons. The first-order valence-corrected chi connectivity index (χ1v) is 9.64. The molecule has 2 unspecified atom stereocenters. The highest BCUT2D eigenvalue weighted by atomic mass is 79.9. The van der Waals surface area contributed by atoms with Gasteiger partial charge in [0.15, 0.2) is 0 Å². The molecule has 1 aromatic carbocycles. The maximum atomic E-state index is 5.39. The summed E-state index contributed by atoms with van der Waals surface area (Å²) in [5.41, 5.74) is 1.01. The number of nitrogens with zero attached hydrogens (tertiary/aromatic N) is 3. The Morgan fingerprint density at radius 1 is 1.33 bits per heavy atom. The van der Waals surface area contributed by atoms with Crippen LogP contribution in [0.4, 0.5) is 0 Å². The summed E-state index contributed by atoms with van der Waals surface area (Å²) in [5.74, 6) is 2.37. The number of halogens is 1. The third kappa shape index (κ3) is 3.77. The monoisotopic (exact) mass is 393 g/mol. The first-order chi connectivity index (χ1) is 11.5. The summed E-state index contributed by atoms with van der Waals surface area (Å²) < 4.78 is 8.57. The molecule has 2 aromatic rings. The summed E-state index contributed by atoms with van der Waals surface area (Å²) in [4.78, 5) is 2.29. The zero-order chi connectivity index (χ0) is 17.3. The van der Waals surface area contributed by atoms with Gasteiger partial charge >= 0.3 is 0 Å². The summed E-state index contributed by atoms with van der Waals surface area (Å²) in [6, 6.07) is 4.63. The molecule has 0 amide bonds. The van der Waals surface area contributed by atoms with Crippen LogP contribution in [0.2, 0.25) is 0 Å². The minimum Gasteiger partial charge on any atom is -0.495 e. The highest BCUT2D eigenvalue weighted by Gasteiger charge is 2.29. The van der Waals surface area contributed by atoms with E-state index >= 15 is 0 Å². The minimum atomic E-state index is 0.512. The predicted octanol–water partition coefficient (Wildman–Crippen LogP) is 4.74. The van der Waals surface area contributed by atoms with Gasteiger partial charge in [-0.15, -0.1) is 0 Å². The van der Waals surface area contributed by atoms with Crippen LogP contribution in [-0.4, -0.2) is 42.4 Å². The smallest absolute Gasteiger partial charge is 0.135 e. The molecule has 1 aliphatic rings. The van der Waals surface area contributed by atoms with E-state index < -0.39 is 0 Å². The van der Waals surface area contributed by atoms with Gasteiger partial charge < -0.3 is 9.64 Å². The number of fused-ring (bicyclic) bond motifs is 1. The van der Waals surface area contributed by atoms with E-state index in [0.29, 0.717) is 12.0 Å². The lowest BCUT2D eigenvalue weighted by atomic mass is 9.77. The van der Waals surface area contributed by atoms with Gasteiger partial charge in [-0.25, -0.2) is 0 Å². The molecule has 1 aromatic heterocycles. The van der Waals surface area contributed by atoms with Gasteiger partial charge in [0.25, 0.3) is 0 Å². The van der Waals surface area contributed by atoms with Crippen LogP contribution in [0.25, 0.3) is 10.9 Å². The van der Waals surface area contributed by atoms with E-state index in [2.05, 4.69) is 58.8 Å².